The third-order valence-corrected chi connectivity index (χ3v) is 5.01. The summed E-state index contributed by atoms with van der Waals surface area (Å²) in [7, 11) is 0. The van der Waals surface area contributed by atoms with E-state index in [-0.39, 0.29) is 11.3 Å². The van der Waals surface area contributed by atoms with Gasteiger partial charge < -0.3 is 15.2 Å². The van der Waals surface area contributed by atoms with Gasteiger partial charge in [0.15, 0.2) is 0 Å². The molecule has 2 aromatic rings. The minimum atomic E-state index is 0.0651. The van der Waals surface area contributed by atoms with E-state index in [4.69, 9.17) is 21.9 Å². The number of benzene rings is 1. The first-order valence-electron chi connectivity index (χ1n) is 8.55. The van der Waals surface area contributed by atoms with E-state index in [0.717, 1.165) is 25.1 Å². The van der Waals surface area contributed by atoms with Crippen molar-refractivity contribution in [3.8, 4) is 11.4 Å². The molecule has 1 aromatic carbocycles. The molecule has 0 spiro atoms. The molecular weight excluding hydrogens is 340 g/mol. The summed E-state index contributed by atoms with van der Waals surface area (Å²) in [6.45, 7) is 4.31. The van der Waals surface area contributed by atoms with Gasteiger partial charge in [0.25, 0.3) is 0 Å². The van der Waals surface area contributed by atoms with Gasteiger partial charge in [0, 0.05) is 36.5 Å². The van der Waals surface area contributed by atoms with Crippen molar-refractivity contribution in [1.82, 2.24) is 15.0 Å². The van der Waals surface area contributed by atoms with Gasteiger partial charge in [0.05, 0.1) is 0 Å². The topological polar surface area (TPSA) is 85.2 Å². The average Bonchev–Trinajstić information content (AvgIpc) is 3.23. The quantitative estimate of drug-likeness (QED) is 0.853. The number of hydrogen-bond donors (Lipinski definition) is 1. The molecule has 1 aliphatic rings. The highest BCUT2D eigenvalue weighted by Gasteiger charge is 2.34. The maximum absolute atomic E-state index is 12.3. The normalized spacial score (nSPS) is 20.2. The molecule has 1 aliphatic heterocycles. The Bertz CT molecular complexity index is 731. The van der Waals surface area contributed by atoms with E-state index in [0.29, 0.717) is 42.5 Å². The number of hydrogen-bond acceptors (Lipinski definition) is 5. The number of carbonyl (C=O) groups is 1. The maximum Gasteiger partial charge on any atom is 0.226 e. The van der Waals surface area contributed by atoms with Crippen molar-refractivity contribution in [2.45, 2.75) is 32.6 Å². The number of nitrogens with zero attached hydrogens (tertiary/aromatic N) is 3. The third kappa shape index (κ3) is 4.38. The summed E-state index contributed by atoms with van der Waals surface area (Å²) in [5.74, 6) is 1.26. The summed E-state index contributed by atoms with van der Waals surface area (Å²) < 4.78 is 5.27. The molecule has 1 saturated heterocycles. The molecule has 3 rings (SSSR count). The molecule has 1 unspecified atom stereocenters. The lowest BCUT2D eigenvalue weighted by molar-refractivity contribution is -0.130. The molecule has 0 bridgehead atoms. The van der Waals surface area contributed by atoms with Crippen molar-refractivity contribution >= 4 is 17.5 Å². The molecule has 0 saturated carbocycles. The van der Waals surface area contributed by atoms with Crippen LogP contribution in [0, 0.1) is 5.41 Å². The summed E-state index contributed by atoms with van der Waals surface area (Å²) in [5.41, 5.74) is 6.71. The molecule has 1 atom stereocenters. The second-order valence-electron chi connectivity index (χ2n) is 6.95. The van der Waals surface area contributed by atoms with Crippen LogP contribution in [0.25, 0.3) is 11.4 Å². The van der Waals surface area contributed by atoms with Crippen LogP contribution in [0.5, 0.6) is 0 Å². The van der Waals surface area contributed by atoms with E-state index >= 15 is 0 Å². The zero-order valence-corrected chi connectivity index (χ0v) is 15.1. The highest BCUT2D eigenvalue weighted by molar-refractivity contribution is 6.30. The van der Waals surface area contributed by atoms with E-state index in [9.17, 15) is 4.79 Å². The highest BCUT2D eigenvalue weighted by Crippen LogP contribution is 2.29. The Hall–Kier alpha value is -1.92. The predicted molar refractivity (Wildman–Crippen MR) is 96.0 cm³/mol. The molecule has 25 heavy (non-hydrogen) atoms. The maximum atomic E-state index is 12.3. The fraction of sp³-hybridized carbons (Fsp3) is 0.500. The van der Waals surface area contributed by atoms with Gasteiger partial charge in [-0.3, -0.25) is 4.79 Å². The number of halogens is 1. The van der Waals surface area contributed by atoms with Crippen LogP contribution in [0.2, 0.25) is 5.02 Å². The average molecular weight is 363 g/mol. The number of aryl methyl sites for hydroxylation is 1. The first-order valence-corrected chi connectivity index (χ1v) is 8.93. The van der Waals surface area contributed by atoms with Gasteiger partial charge in [0.1, 0.15) is 0 Å². The second kappa shape index (κ2) is 7.54. The summed E-state index contributed by atoms with van der Waals surface area (Å²) in [5, 5.41) is 4.65. The van der Waals surface area contributed by atoms with Gasteiger partial charge in [-0.15, -0.1) is 0 Å². The van der Waals surface area contributed by atoms with Gasteiger partial charge in [-0.25, -0.2) is 0 Å². The minimum Gasteiger partial charge on any atom is -0.342 e. The standard InChI is InChI=1S/C18H23ClN4O2/c1-18(11-20)9-10-23(12-18)16(24)4-2-3-15-21-17(22-25-15)13-5-7-14(19)8-6-13/h5-8H,2-4,9-12,20H2,1H3. The zero-order valence-electron chi connectivity index (χ0n) is 14.4. The first-order chi connectivity index (χ1) is 12.0. The number of nitrogens with two attached hydrogens (primary N) is 1. The van der Waals surface area contributed by atoms with Crippen molar-refractivity contribution in [3.63, 3.8) is 0 Å². The van der Waals surface area contributed by atoms with Crippen molar-refractivity contribution in [3.05, 3.63) is 35.2 Å². The fourth-order valence-corrected chi connectivity index (χ4v) is 3.15. The molecule has 1 amide bonds. The molecule has 1 aromatic heterocycles. The van der Waals surface area contributed by atoms with Crippen LogP contribution < -0.4 is 5.73 Å². The largest absolute Gasteiger partial charge is 0.342 e. The zero-order chi connectivity index (χ0) is 17.9. The molecule has 6 nitrogen and oxygen atoms in total. The van der Waals surface area contributed by atoms with Crippen LogP contribution in [0.15, 0.2) is 28.8 Å². The summed E-state index contributed by atoms with van der Waals surface area (Å²) >= 11 is 5.88. The Morgan fingerprint density at radius 2 is 2.16 bits per heavy atom. The van der Waals surface area contributed by atoms with Gasteiger partial charge in [0.2, 0.25) is 17.6 Å². The van der Waals surface area contributed by atoms with Crippen LogP contribution in [0.3, 0.4) is 0 Å². The summed E-state index contributed by atoms with van der Waals surface area (Å²) in [4.78, 5) is 18.6. The molecule has 2 heterocycles. The number of carbonyl (C=O) groups excluding carboxylic acids is 1. The van der Waals surface area contributed by atoms with Crippen LogP contribution in [-0.4, -0.2) is 40.6 Å². The smallest absolute Gasteiger partial charge is 0.226 e. The van der Waals surface area contributed by atoms with Gasteiger partial charge in [-0.1, -0.05) is 23.7 Å². The Morgan fingerprint density at radius 3 is 2.84 bits per heavy atom. The molecular formula is C18H23ClN4O2. The van der Waals surface area contributed by atoms with Crippen LogP contribution in [-0.2, 0) is 11.2 Å². The van der Waals surface area contributed by atoms with Crippen LogP contribution >= 0.6 is 11.6 Å². The molecule has 0 radical (unpaired) electrons. The number of aromatic nitrogens is 2. The SMILES string of the molecule is CC1(CN)CCN(C(=O)CCCc2nc(-c3ccc(Cl)cc3)no2)C1. The molecule has 0 aliphatic carbocycles. The van der Waals surface area contributed by atoms with E-state index in [1.807, 2.05) is 17.0 Å². The third-order valence-electron chi connectivity index (χ3n) is 4.76. The van der Waals surface area contributed by atoms with Gasteiger partial charge >= 0.3 is 0 Å². The number of likely N-dealkylation sites (tertiary alicyclic amines) is 1. The molecule has 7 heteroatoms. The lowest BCUT2D eigenvalue weighted by Gasteiger charge is -2.22. The fourth-order valence-electron chi connectivity index (χ4n) is 3.02. The monoisotopic (exact) mass is 362 g/mol. The van der Waals surface area contributed by atoms with Crippen LogP contribution in [0.4, 0.5) is 0 Å². The van der Waals surface area contributed by atoms with E-state index in [2.05, 4.69) is 17.1 Å². The molecule has 1 fully saturated rings. The Labute approximate surface area is 152 Å². The van der Waals surface area contributed by atoms with Gasteiger partial charge in [-0.2, -0.15) is 4.98 Å². The summed E-state index contributed by atoms with van der Waals surface area (Å²) in [6, 6.07) is 7.28. The van der Waals surface area contributed by atoms with Crippen molar-refractivity contribution in [2.75, 3.05) is 19.6 Å². The number of amides is 1. The van der Waals surface area contributed by atoms with E-state index < -0.39 is 0 Å². The van der Waals surface area contributed by atoms with Crippen LogP contribution in [0.1, 0.15) is 32.1 Å². The van der Waals surface area contributed by atoms with E-state index in [1.54, 1.807) is 12.1 Å². The predicted octanol–water partition coefficient (Wildman–Crippen LogP) is 2.91. The molecule has 2 N–H and O–H groups in total. The Morgan fingerprint density at radius 1 is 1.40 bits per heavy atom. The lowest BCUT2D eigenvalue weighted by atomic mass is 9.90. The van der Waals surface area contributed by atoms with Gasteiger partial charge in [-0.05, 0) is 49.1 Å². The van der Waals surface area contributed by atoms with E-state index in [1.165, 1.54) is 0 Å². The Kier molecular flexibility index (Phi) is 5.39. The number of rotatable bonds is 6. The lowest BCUT2D eigenvalue weighted by Crippen LogP contribution is -2.34. The minimum absolute atomic E-state index is 0.0651. The first kappa shape index (κ1) is 17.9. The molecule has 134 valence electrons. The van der Waals surface area contributed by atoms with Crippen molar-refractivity contribution in [2.24, 2.45) is 11.1 Å². The second-order valence-corrected chi connectivity index (χ2v) is 7.39. The van der Waals surface area contributed by atoms with Crippen molar-refractivity contribution in [1.29, 1.82) is 0 Å². The Balaban J connectivity index is 1.48. The highest BCUT2D eigenvalue weighted by atomic mass is 35.5. The summed E-state index contributed by atoms with van der Waals surface area (Å²) in [6.07, 6.45) is 2.74. The van der Waals surface area contributed by atoms with Crippen molar-refractivity contribution < 1.29 is 9.32 Å².